The molecule has 2 heterocycles. The van der Waals surface area contributed by atoms with Crippen LogP contribution in [0.15, 0.2) is 79.0 Å². The first-order chi connectivity index (χ1) is 15.0. The van der Waals surface area contributed by atoms with Gasteiger partial charge in [-0.15, -0.1) is 0 Å². The number of pyridine rings is 2. The fourth-order valence-electron chi connectivity index (χ4n) is 3.02. The number of nitrogens with zero attached hydrogens (tertiary/aromatic N) is 3. The van der Waals surface area contributed by atoms with Crippen molar-refractivity contribution in [2.24, 2.45) is 0 Å². The number of carbonyl (C=O) groups excluding carboxylic acids is 2. The van der Waals surface area contributed by atoms with Crippen molar-refractivity contribution in [3.05, 3.63) is 100 Å². The van der Waals surface area contributed by atoms with Gasteiger partial charge in [-0.2, -0.15) is 0 Å². The predicted molar refractivity (Wildman–Crippen MR) is 113 cm³/mol. The fourth-order valence-corrected chi connectivity index (χ4v) is 3.02. The largest absolute Gasteiger partial charge is 0.270 e. The van der Waals surface area contributed by atoms with E-state index in [0.717, 1.165) is 6.07 Å². The van der Waals surface area contributed by atoms with Crippen molar-refractivity contribution in [1.82, 2.24) is 20.8 Å². The van der Waals surface area contributed by atoms with E-state index in [2.05, 4.69) is 20.8 Å². The number of benzene rings is 2. The Morgan fingerprint density at radius 2 is 1.61 bits per heavy atom. The molecular weight excluding hydrogens is 398 g/mol. The maximum atomic E-state index is 12.9. The van der Waals surface area contributed by atoms with E-state index in [1.807, 2.05) is 12.1 Å². The number of nitro groups is 1. The maximum absolute atomic E-state index is 12.9. The van der Waals surface area contributed by atoms with Gasteiger partial charge in [0.2, 0.25) is 0 Å². The van der Waals surface area contributed by atoms with Gasteiger partial charge in [0.25, 0.3) is 17.5 Å². The number of rotatable bonds is 4. The highest BCUT2D eigenvalue weighted by atomic mass is 16.6. The van der Waals surface area contributed by atoms with Gasteiger partial charge < -0.3 is 0 Å². The predicted octanol–water partition coefficient (Wildman–Crippen LogP) is 3.28. The van der Waals surface area contributed by atoms with Gasteiger partial charge >= 0.3 is 0 Å². The van der Waals surface area contributed by atoms with Crippen LogP contribution in [0.4, 0.5) is 5.69 Å². The van der Waals surface area contributed by atoms with E-state index in [4.69, 9.17) is 0 Å². The zero-order valence-corrected chi connectivity index (χ0v) is 16.0. The number of non-ortho nitro benzene ring substituents is 1. The van der Waals surface area contributed by atoms with Crippen LogP contribution in [-0.2, 0) is 0 Å². The molecule has 9 nitrogen and oxygen atoms in total. The van der Waals surface area contributed by atoms with E-state index in [-0.39, 0.29) is 11.3 Å². The Morgan fingerprint density at radius 1 is 0.839 bits per heavy atom. The molecule has 4 aromatic rings. The molecule has 31 heavy (non-hydrogen) atoms. The monoisotopic (exact) mass is 413 g/mol. The average molecular weight is 413 g/mol. The van der Waals surface area contributed by atoms with Crippen LogP contribution in [0.2, 0.25) is 0 Å². The van der Waals surface area contributed by atoms with Crippen LogP contribution < -0.4 is 10.9 Å². The first-order valence-corrected chi connectivity index (χ1v) is 9.19. The summed E-state index contributed by atoms with van der Waals surface area (Å²) in [5, 5.41) is 11.5. The number of nitro benzene ring substituents is 1. The molecule has 2 aromatic carbocycles. The van der Waals surface area contributed by atoms with Gasteiger partial charge in [0.15, 0.2) is 0 Å². The van der Waals surface area contributed by atoms with E-state index in [0.29, 0.717) is 27.9 Å². The summed E-state index contributed by atoms with van der Waals surface area (Å²) in [7, 11) is 0. The van der Waals surface area contributed by atoms with Gasteiger partial charge in [-0.1, -0.05) is 30.3 Å². The third kappa shape index (κ3) is 4.20. The van der Waals surface area contributed by atoms with Gasteiger partial charge in [0.1, 0.15) is 0 Å². The molecule has 4 rings (SSSR count). The van der Waals surface area contributed by atoms with Crippen molar-refractivity contribution in [3.63, 3.8) is 0 Å². The van der Waals surface area contributed by atoms with Crippen LogP contribution >= 0.6 is 0 Å². The molecule has 0 radical (unpaired) electrons. The molecule has 0 aliphatic carbocycles. The Morgan fingerprint density at radius 3 is 2.39 bits per heavy atom. The molecule has 9 heteroatoms. The average Bonchev–Trinajstić information content (AvgIpc) is 2.82. The summed E-state index contributed by atoms with van der Waals surface area (Å²) in [5.74, 6) is -1.24. The summed E-state index contributed by atoms with van der Waals surface area (Å²) >= 11 is 0. The fraction of sp³-hybridized carbons (Fsp3) is 0. The minimum atomic E-state index is -0.680. The normalized spacial score (nSPS) is 10.5. The molecule has 0 saturated heterocycles. The molecule has 152 valence electrons. The lowest BCUT2D eigenvalue weighted by Gasteiger charge is -2.11. The number of para-hydroxylation sites is 1. The summed E-state index contributed by atoms with van der Waals surface area (Å²) < 4.78 is 0. The number of hydrazine groups is 1. The Labute approximate surface area is 175 Å². The summed E-state index contributed by atoms with van der Waals surface area (Å²) in [6.45, 7) is 0. The topological polar surface area (TPSA) is 127 Å². The maximum Gasteiger partial charge on any atom is 0.270 e. The van der Waals surface area contributed by atoms with E-state index >= 15 is 0 Å². The van der Waals surface area contributed by atoms with Crippen molar-refractivity contribution in [2.45, 2.75) is 0 Å². The standard InChI is InChI=1S/C22H15N5O4/c28-21(14-6-5-7-15(12-14)27(30)31)25-26-22(29)17-13-20(19-10-3-4-11-23-19)24-18-9-2-1-8-16(17)18/h1-13H,(H,25,28)(H,26,29). The first kappa shape index (κ1) is 19.6. The van der Waals surface area contributed by atoms with Gasteiger partial charge in [-0.25, -0.2) is 4.98 Å². The molecule has 0 atom stereocenters. The van der Waals surface area contributed by atoms with Crippen molar-refractivity contribution in [1.29, 1.82) is 0 Å². The molecular formula is C22H15N5O4. The number of hydrogen-bond acceptors (Lipinski definition) is 6. The molecule has 0 aliphatic rings. The zero-order valence-electron chi connectivity index (χ0n) is 16.0. The van der Waals surface area contributed by atoms with Gasteiger partial charge in [0.05, 0.1) is 27.4 Å². The summed E-state index contributed by atoms with van der Waals surface area (Å²) in [6, 6.07) is 19.3. The number of carbonyl (C=O) groups is 2. The zero-order chi connectivity index (χ0) is 21.8. The van der Waals surface area contributed by atoms with Crippen LogP contribution in [0.5, 0.6) is 0 Å². The van der Waals surface area contributed by atoms with Crippen molar-refractivity contribution < 1.29 is 14.5 Å². The lowest BCUT2D eigenvalue weighted by Crippen LogP contribution is -2.41. The van der Waals surface area contributed by atoms with Gasteiger partial charge in [-0.05, 0) is 30.3 Å². The summed E-state index contributed by atoms with van der Waals surface area (Å²) in [6.07, 6.45) is 1.63. The molecule has 0 aliphatic heterocycles. The number of nitrogens with one attached hydrogen (secondary N) is 2. The molecule has 0 saturated carbocycles. The summed E-state index contributed by atoms with van der Waals surface area (Å²) in [4.78, 5) is 44.3. The number of amides is 2. The number of aromatic nitrogens is 2. The van der Waals surface area contributed by atoms with Crippen LogP contribution in [0, 0.1) is 10.1 Å². The van der Waals surface area contributed by atoms with Crippen molar-refractivity contribution in [2.75, 3.05) is 0 Å². The lowest BCUT2D eigenvalue weighted by molar-refractivity contribution is -0.384. The van der Waals surface area contributed by atoms with Crippen molar-refractivity contribution in [3.8, 4) is 11.4 Å². The quantitative estimate of drug-likeness (QED) is 0.390. The molecule has 2 N–H and O–H groups in total. The molecule has 2 aromatic heterocycles. The van der Waals surface area contributed by atoms with E-state index in [1.165, 1.54) is 18.2 Å². The minimum Gasteiger partial charge on any atom is -0.267 e. The molecule has 0 unspecified atom stereocenters. The third-order valence-corrected chi connectivity index (χ3v) is 4.50. The van der Waals surface area contributed by atoms with Gasteiger partial charge in [-0.3, -0.25) is 35.5 Å². The Kier molecular flexibility index (Phi) is 5.31. The molecule has 0 bridgehead atoms. The summed E-state index contributed by atoms with van der Waals surface area (Å²) in [5.41, 5.74) is 6.48. The van der Waals surface area contributed by atoms with E-state index < -0.39 is 16.7 Å². The Bertz CT molecular complexity index is 1310. The van der Waals surface area contributed by atoms with E-state index in [1.54, 1.807) is 42.6 Å². The highest BCUT2D eigenvalue weighted by Crippen LogP contribution is 2.23. The Hall–Kier alpha value is -4.66. The highest BCUT2D eigenvalue weighted by Gasteiger charge is 2.16. The number of fused-ring (bicyclic) bond motifs is 1. The lowest BCUT2D eigenvalue weighted by atomic mass is 10.1. The smallest absolute Gasteiger partial charge is 0.267 e. The second-order valence-electron chi connectivity index (χ2n) is 6.50. The molecule has 0 spiro atoms. The van der Waals surface area contributed by atoms with Crippen LogP contribution in [0.1, 0.15) is 20.7 Å². The molecule has 0 fully saturated rings. The second kappa shape index (κ2) is 8.37. The SMILES string of the molecule is O=C(NNC(=O)c1cc(-c2ccccn2)nc2ccccc12)c1cccc([N+](=O)[O-])c1. The van der Waals surface area contributed by atoms with E-state index in [9.17, 15) is 19.7 Å². The van der Waals surface area contributed by atoms with Crippen LogP contribution in [-0.4, -0.2) is 26.7 Å². The van der Waals surface area contributed by atoms with Crippen LogP contribution in [0.25, 0.3) is 22.3 Å². The van der Waals surface area contributed by atoms with Crippen LogP contribution in [0.3, 0.4) is 0 Å². The molecule has 2 amide bonds. The number of hydrogen-bond donors (Lipinski definition) is 2. The van der Waals surface area contributed by atoms with Gasteiger partial charge in [0, 0.05) is 29.3 Å². The Balaban J connectivity index is 1.61. The highest BCUT2D eigenvalue weighted by molar-refractivity contribution is 6.08. The first-order valence-electron chi connectivity index (χ1n) is 9.19. The third-order valence-electron chi connectivity index (χ3n) is 4.50. The van der Waals surface area contributed by atoms with Crippen molar-refractivity contribution >= 4 is 28.4 Å². The minimum absolute atomic E-state index is 0.0447. The second-order valence-corrected chi connectivity index (χ2v) is 6.50.